The van der Waals surface area contributed by atoms with E-state index in [9.17, 15) is 9.59 Å². The molecule has 148 valence electrons. The van der Waals surface area contributed by atoms with Gasteiger partial charge in [-0.3, -0.25) is 9.59 Å². The van der Waals surface area contributed by atoms with Crippen molar-refractivity contribution < 1.29 is 14.3 Å². The van der Waals surface area contributed by atoms with E-state index in [-0.39, 0.29) is 18.4 Å². The summed E-state index contributed by atoms with van der Waals surface area (Å²) in [5.74, 6) is 0.482. The molecule has 0 heterocycles. The highest BCUT2D eigenvalue weighted by Gasteiger charge is 2.06. The number of hydrogen-bond acceptors (Lipinski definition) is 4. The second-order valence-electron chi connectivity index (χ2n) is 6.55. The molecule has 6 nitrogen and oxygen atoms in total. The van der Waals surface area contributed by atoms with Gasteiger partial charge >= 0.3 is 0 Å². The van der Waals surface area contributed by atoms with Crippen molar-refractivity contribution >= 4 is 28.9 Å². The quantitative estimate of drug-likeness (QED) is 0.532. The first-order valence-corrected chi connectivity index (χ1v) is 9.27. The molecule has 2 aromatic carbocycles. The van der Waals surface area contributed by atoms with E-state index in [0.29, 0.717) is 30.2 Å². The third kappa shape index (κ3) is 7.53. The maximum Gasteiger partial charge on any atom is 0.243 e. The van der Waals surface area contributed by atoms with E-state index in [1.54, 1.807) is 24.3 Å². The Morgan fingerprint density at radius 2 is 1.61 bits per heavy atom. The predicted molar refractivity (Wildman–Crippen MR) is 114 cm³/mol. The van der Waals surface area contributed by atoms with Crippen LogP contribution in [-0.4, -0.2) is 25.0 Å². The van der Waals surface area contributed by atoms with Crippen molar-refractivity contribution in [3.63, 3.8) is 0 Å². The summed E-state index contributed by atoms with van der Waals surface area (Å²) in [4.78, 5) is 23.9. The topological polar surface area (TPSA) is 79.5 Å². The molecule has 0 bridgehead atoms. The molecule has 3 N–H and O–H groups in total. The average Bonchev–Trinajstić information content (AvgIpc) is 2.65. The van der Waals surface area contributed by atoms with Gasteiger partial charge in [0, 0.05) is 29.5 Å². The highest BCUT2D eigenvalue weighted by atomic mass is 16.5. The number of benzene rings is 2. The molecule has 0 radical (unpaired) electrons. The molecule has 0 spiro atoms. The Bertz CT molecular complexity index is 833. The molecule has 6 heteroatoms. The molecule has 2 rings (SSSR count). The molecule has 0 saturated carbocycles. The van der Waals surface area contributed by atoms with Crippen LogP contribution in [0.15, 0.2) is 60.7 Å². The van der Waals surface area contributed by atoms with Gasteiger partial charge in [-0.1, -0.05) is 25.6 Å². The van der Waals surface area contributed by atoms with Crippen LogP contribution in [0.5, 0.6) is 5.75 Å². The number of ether oxygens (including phenoxy) is 1. The molecular formula is C22H27N3O3. The Morgan fingerprint density at radius 1 is 0.964 bits per heavy atom. The summed E-state index contributed by atoms with van der Waals surface area (Å²) in [6.07, 6.45) is 1.25. The highest BCUT2D eigenvalue weighted by Crippen LogP contribution is 2.18. The number of carbonyl (C=O) groups is 2. The fourth-order valence-electron chi connectivity index (χ4n) is 2.42. The molecule has 0 aliphatic carbocycles. The standard InChI is InChI=1S/C22H27N3O3/c1-4-7-21(26)24-18-9-5-10-19(12-18)25-22(27)14-23-17-8-6-11-20(13-17)28-15-16(2)3/h5-6,8-13,23H,2,4,7,14-15H2,1,3H3,(H,24,26)(H,25,27). The van der Waals surface area contributed by atoms with E-state index in [0.717, 1.165) is 17.7 Å². The minimum Gasteiger partial charge on any atom is -0.489 e. The van der Waals surface area contributed by atoms with Gasteiger partial charge in [0.2, 0.25) is 11.8 Å². The molecule has 0 unspecified atom stereocenters. The first kappa shape index (κ1) is 21.0. The van der Waals surface area contributed by atoms with Crippen LogP contribution in [0, 0.1) is 0 Å². The fourth-order valence-corrected chi connectivity index (χ4v) is 2.42. The van der Waals surface area contributed by atoms with Crippen LogP contribution in [0.3, 0.4) is 0 Å². The summed E-state index contributed by atoms with van der Waals surface area (Å²) in [5.41, 5.74) is 3.01. The van der Waals surface area contributed by atoms with Gasteiger partial charge in [0.15, 0.2) is 0 Å². The van der Waals surface area contributed by atoms with Crippen molar-refractivity contribution in [2.24, 2.45) is 0 Å². The number of amides is 2. The molecule has 0 aliphatic heterocycles. The van der Waals surface area contributed by atoms with Crippen LogP contribution in [0.1, 0.15) is 26.7 Å². The lowest BCUT2D eigenvalue weighted by Crippen LogP contribution is -2.21. The molecule has 2 aromatic rings. The van der Waals surface area contributed by atoms with Crippen LogP contribution in [0.4, 0.5) is 17.1 Å². The second kappa shape index (κ2) is 10.8. The van der Waals surface area contributed by atoms with Gasteiger partial charge in [0.05, 0.1) is 6.54 Å². The molecule has 0 atom stereocenters. The zero-order valence-electron chi connectivity index (χ0n) is 16.4. The van der Waals surface area contributed by atoms with Gasteiger partial charge in [0.1, 0.15) is 12.4 Å². The molecule has 0 aromatic heterocycles. The summed E-state index contributed by atoms with van der Waals surface area (Å²) in [6, 6.07) is 14.5. The molecule has 28 heavy (non-hydrogen) atoms. The Labute approximate surface area is 166 Å². The smallest absolute Gasteiger partial charge is 0.243 e. The van der Waals surface area contributed by atoms with Crippen molar-refractivity contribution in [1.82, 2.24) is 0 Å². The van der Waals surface area contributed by atoms with Crippen molar-refractivity contribution in [3.8, 4) is 5.75 Å². The summed E-state index contributed by atoms with van der Waals surface area (Å²) >= 11 is 0. The third-order valence-electron chi connectivity index (χ3n) is 3.68. The summed E-state index contributed by atoms with van der Waals surface area (Å²) < 4.78 is 5.60. The van der Waals surface area contributed by atoms with Gasteiger partial charge < -0.3 is 20.7 Å². The number of nitrogens with one attached hydrogen (secondary N) is 3. The van der Waals surface area contributed by atoms with Crippen molar-refractivity contribution in [1.29, 1.82) is 0 Å². The van der Waals surface area contributed by atoms with E-state index in [1.165, 1.54) is 0 Å². The van der Waals surface area contributed by atoms with E-state index < -0.39 is 0 Å². The Morgan fingerprint density at radius 3 is 2.29 bits per heavy atom. The van der Waals surface area contributed by atoms with Crippen LogP contribution in [0.25, 0.3) is 0 Å². The first-order valence-electron chi connectivity index (χ1n) is 9.27. The van der Waals surface area contributed by atoms with Gasteiger partial charge in [-0.05, 0) is 49.2 Å². The number of carbonyl (C=O) groups excluding carboxylic acids is 2. The van der Waals surface area contributed by atoms with Gasteiger partial charge in [-0.15, -0.1) is 0 Å². The molecule has 0 fully saturated rings. The monoisotopic (exact) mass is 381 g/mol. The van der Waals surface area contributed by atoms with E-state index in [1.807, 2.05) is 38.1 Å². The summed E-state index contributed by atoms with van der Waals surface area (Å²) in [7, 11) is 0. The largest absolute Gasteiger partial charge is 0.489 e. The molecule has 0 aliphatic rings. The minimum absolute atomic E-state index is 0.0404. The lowest BCUT2D eigenvalue weighted by molar-refractivity contribution is -0.116. The van der Waals surface area contributed by atoms with Gasteiger partial charge in [-0.25, -0.2) is 0 Å². The zero-order chi connectivity index (χ0) is 20.4. The zero-order valence-corrected chi connectivity index (χ0v) is 16.4. The maximum atomic E-state index is 12.2. The second-order valence-corrected chi connectivity index (χ2v) is 6.55. The SMILES string of the molecule is C=C(C)COc1cccc(NCC(=O)Nc2cccc(NC(=O)CCC)c2)c1. The average molecular weight is 381 g/mol. The Kier molecular flexibility index (Phi) is 8.09. The first-order chi connectivity index (χ1) is 13.5. The highest BCUT2D eigenvalue weighted by molar-refractivity contribution is 5.95. The number of anilines is 3. The number of hydrogen-bond donors (Lipinski definition) is 3. The molecule has 0 saturated heterocycles. The van der Waals surface area contributed by atoms with Gasteiger partial charge in [0.25, 0.3) is 0 Å². The van der Waals surface area contributed by atoms with Gasteiger partial charge in [-0.2, -0.15) is 0 Å². The van der Waals surface area contributed by atoms with Crippen molar-refractivity contribution in [3.05, 3.63) is 60.7 Å². The van der Waals surface area contributed by atoms with Crippen molar-refractivity contribution in [2.75, 3.05) is 29.1 Å². The predicted octanol–water partition coefficient (Wildman–Crippen LogP) is 4.43. The minimum atomic E-state index is -0.190. The van der Waals surface area contributed by atoms with E-state index in [2.05, 4.69) is 22.5 Å². The van der Waals surface area contributed by atoms with E-state index in [4.69, 9.17) is 4.74 Å². The summed E-state index contributed by atoms with van der Waals surface area (Å²) in [5, 5.41) is 8.70. The molecule has 2 amide bonds. The van der Waals surface area contributed by atoms with E-state index >= 15 is 0 Å². The Balaban J connectivity index is 1.86. The van der Waals surface area contributed by atoms with Crippen LogP contribution >= 0.6 is 0 Å². The molecular weight excluding hydrogens is 354 g/mol. The van der Waals surface area contributed by atoms with Crippen LogP contribution in [0.2, 0.25) is 0 Å². The number of rotatable bonds is 10. The fraction of sp³-hybridized carbons (Fsp3) is 0.273. The third-order valence-corrected chi connectivity index (χ3v) is 3.68. The maximum absolute atomic E-state index is 12.2. The van der Waals surface area contributed by atoms with Crippen molar-refractivity contribution in [2.45, 2.75) is 26.7 Å². The van der Waals surface area contributed by atoms with Crippen LogP contribution in [-0.2, 0) is 9.59 Å². The normalized spacial score (nSPS) is 10.1. The summed E-state index contributed by atoms with van der Waals surface area (Å²) in [6.45, 7) is 8.22. The lowest BCUT2D eigenvalue weighted by Gasteiger charge is -2.11. The lowest BCUT2D eigenvalue weighted by atomic mass is 10.2. The Hall–Kier alpha value is -3.28. The van der Waals surface area contributed by atoms with Crippen LogP contribution < -0.4 is 20.7 Å².